The highest BCUT2D eigenvalue weighted by atomic mass is 15.6. The first-order valence-corrected chi connectivity index (χ1v) is 6.16. The molecule has 1 heterocycles. The van der Waals surface area contributed by atoms with Crippen LogP contribution < -0.4 is 5.01 Å². The third-order valence-electron chi connectivity index (χ3n) is 3.33. The average molecular weight is 236 g/mol. The molecule has 1 aliphatic heterocycles. The molecule has 0 amide bonds. The van der Waals surface area contributed by atoms with Gasteiger partial charge in [-0.15, -0.1) is 0 Å². The minimum absolute atomic E-state index is 0.915. The summed E-state index contributed by atoms with van der Waals surface area (Å²) in [7, 11) is 2.09. The normalized spacial score (nSPS) is 13.3. The molecule has 0 atom stereocenters. The molecule has 2 nitrogen and oxygen atoms in total. The molecule has 0 saturated heterocycles. The third-order valence-corrected chi connectivity index (χ3v) is 3.33. The van der Waals surface area contributed by atoms with Crippen LogP contribution >= 0.6 is 0 Å². The first-order valence-electron chi connectivity index (χ1n) is 6.16. The quantitative estimate of drug-likeness (QED) is 0.787. The van der Waals surface area contributed by atoms with Gasteiger partial charge in [0, 0.05) is 13.2 Å². The van der Waals surface area contributed by atoms with Gasteiger partial charge in [0.15, 0.2) is 0 Å². The molecule has 90 valence electrons. The van der Waals surface area contributed by atoms with Crippen LogP contribution in [0, 0.1) is 0 Å². The zero-order valence-corrected chi connectivity index (χ0v) is 10.5. The van der Waals surface area contributed by atoms with Crippen molar-refractivity contribution >= 4 is 11.8 Å². The van der Waals surface area contributed by atoms with E-state index in [0.29, 0.717) is 0 Å². The Kier molecular flexibility index (Phi) is 2.77. The Balaban J connectivity index is 1.85. The maximum atomic E-state index is 2.22. The van der Waals surface area contributed by atoms with Crippen LogP contribution in [-0.4, -0.2) is 12.1 Å². The van der Waals surface area contributed by atoms with Gasteiger partial charge in [0.05, 0.1) is 12.2 Å². The van der Waals surface area contributed by atoms with E-state index in [4.69, 9.17) is 0 Å². The molecular formula is C16H16N2. The lowest BCUT2D eigenvalue weighted by Crippen LogP contribution is -2.36. The molecular weight excluding hydrogens is 220 g/mol. The fraction of sp³-hybridized carbons (Fsp3) is 0.125. The average Bonchev–Trinajstić information content (AvgIpc) is 2.47. The zero-order chi connectivity index (χ0) is 12.4. The van der Waals surface area contributed by atoms with E-state index in [1.165, 1.54) is 16.8 Å². The van der Waals surface area contributed by atoms with E-state index in [2.05, 4.69) is 77.9 Å². The summed E-state index contributed by atoms with van der Waals surface area (Å²) in [4.78, 5) is 0. The monoisotopic (exact) mass is 236 g/mol. The van der Waals surface area contributed by atoms with Crippen molar-refractivity contribution in [1.82, 2.24) is 5.01 Å². The molecule has 0 aliphatic carbocycles. The number of fused-ring (bicyclic) bond motifs is 1. The largest absolute Gasteiger partial charge is 0.289 e. The number of benzene rings is 2. The molecule has 18 heavy (non-hydrogen) atoms. The van der Waals surface area contributed by atoms with Gasteiger partial charge in [-0.05, 0) is 29.3 Å². The first-order chi connectivity index (χ1) is 8.84. The molecule has 0 radical (unpaired) electrons. The lowest BCUT2D eigenvalue weighted by atomic mass is 10.1. The molecule has 0 bridgehead atoms. The van der Waals surface area contributed by atoms with E-state index in [1.54, 1.807) is 0 Å². The second-order valence-corrected chi connectivity index (χ2v) is 4.47. The Morgan fingerprint density at radius 1 is 0.944 bits per heavy atom. The SMILES string of the molecule is CN(c1ccccc1)N1C=Cc2ccccc2C1. The van der Waals surface area contributed by atoms with Gasteiger partial charge in [0.25, 0.3) is 0 Å². The fourth-order valence-corrected chi connectivity index (χ4v) is 2.23. The number of nitrogens with zero attached hydrogens (tertiary/aromatic N) is 2. The van der Waals surface area contributed by atoms with Crippen LogP contribution in [0.4, 0.5) is 5.69 Å². The van der Waals surface area contributed by atoms with Crippen molar-refractivity contribution in [2.75, 3.05) is 12.1 Å². The Labute approximate surface area is 108 Å². The van der Waals surface area contributed by atoms with Crippen molar-refractivity contribution in [3.8, 4) is 0 Å². The topological polar surface area (TPSA) is 6.48 Å². The highest BCUT2D eigenvalue weighted by Gasteiger charge is 2.13. The molecule has 0 aromatic heterocycles. The molecule has 0 saturated carbocycles. The van der Waals surface area contributed by atoms with Crippen molar-refractivity contribution in [2.45, 2.75) is 6.54 Å². The molecule has 0 fully saturated rings. The van der Waals surface area contributed by atoms with Crippen molar-refractivity contribution in [1.29, 1.82) is 0 Å². The number of para-hydroxylation sites is 1. The summed E-state index contributed by atoms with van der Waals surface area (Å²) in [5.41, 5.74) is 3.87. The number of hydrazine groups is 1. The van der Waals surface area contributed by atoms with Crippen LogP contribution in [0.1, 0.15) is 11.1 Å². The summed E-state index contributed by atoms with van der Waals surface area (Å²) < 4.78 is 0. The van der Waals surface area contributed by atoms with Crippen LogP contribution in [0.2, 0.25) is 0 Å². The standard InChI is InChI=1S/C16H16N2/c1-17(16-9-3-2-4-10-16)18-12-11-14-7-5-6-8-15(14)13-18/h2-12H,13H2,1H3. The molecule has 0 N–H and O–H groups in total. The van der Waals surface area contributed by atoms with Crippen molar-refractivity contribution in [3.05, 3.63) is 71.9 Å². The van der Waals surface area contributed by atoms with Crippen LogP contribution in [0.15, 0.2) is 60.8 Å². The van der Waals surface area contributed by atoms with Crippen molar-refractivity contribution in [2.24, 2.45) is 0 Å². The summed E-state index contributed by atoms with van der Waals surface area (Å²) >= 11 is 0. The Bertz CT molecular complexity index is 560. The molecule has 3 rings (SSSR count). The molecule has 2 aromatic rings. The first kappa shape index (κ1) is 10.9. The van der Waals surface area contributed by atoms with E-state index in [9.17, 15) is 0 Å². The zero-order valence-electron chi connectivity index (χ0n) is 10.5. The number of anilines is 1. The van der Waals surface area contributed by atoms with E-state index in [1.807, 2.05) is 6.07 Å². The third kappa shape index (κ3) is 1.97. The highest BCUT2D eigenvalue weighted by Crippen LogP contribution is 2.23. The van der Waals surface area contributed by atoms with Crippen LogP contribution in [0.5, 0.6) is 0 Å². The lowest BCUT2D eigenvalue weighted by molar-refractivity contribution is 0.356. The van der Waals surface area contributed by atoms with E-state index in [0.717, 1.165) is 6.54 Å². The van der Waals surface area contributed by atoms with Gasteiger partial charge in [-0.2, -0.15) is 0 Å². The maximum Gasteiger partial charge on any atom is 0.0645 e. The second kappa shape index (κ2) is 4.57. The summed E-state index contributed by atoms with van der Waals surface area (Å²) in [6, 6.07) is 18.9. The summed E-state index contributed by atoms with van der Waals surface area (Å²) in [5, 5.41) is 4.39. The predicted molar refractivity (Wildman–Crippen MR) is 75.9 cm³/mol. The Morgan fingerprint density at radius 3 is 2.50 bits per heavy atom. The molecule has 0 unspecified atom stereocenters. The van der Waals surface area contributed by atoms with Crippen LogP contribution in [0.25, 0.3) is 6.08 Å². The number of rotatable bonds is 2. The van der Waals surface area contributed by atoms with Gasteiger partial charge >= 0.3 is 0 Å². The second-order valence-electron chi connectivity index (χ2n) is 4.47. The smallest absolute Gasteiger partial charge is 0.0645 e. The van der Waals surface area contributed by atoms with Gasteiger partial charge in [0.2, 0.25) is 0 Å². The van der Waals surface area contributed by atoms with Crippen LogP contribution in [0.3, 0.4) is 0 Å². The van der Waals surface area contributed by atoms with E-state index in [-0.39, 0.29) is 0 Å². The van der Waals surface area contributed by atoms with Gasteiger partial charge in [0.1, 0.15) is 0 Å². The van der Waals surface area contributed by atoms with Gasteiger partial charge in [-0.25, -0.2) is 0 Å². The van der Waals surface area contributed by atoms with Gasteiger partial charge in [-0.1, -0.05) is 42.5 Å². The minimum Gasteiger partial charge on any atom is -0.289 e. The van der Waals surface area contributed by atoms with Crippen molar-refractivity contribution in [3.63, 3.8) is 0 Å². The molecule has 2 aromatic carbocycles. The maximum absolute atomic E-state index is 2.22. The number of hydrogen-bond donors (Lipinski definition) is 0. The summed E-state index contributed by atoms with van der Waals surface area (Å²) in [6.07, 6.45) is 4.30. The molecule has 1 aliphatic rings. The summed E-state index contributed by atoms with van der Waals surface area (Å²) in [6.45, 7) is 0.915. The Hall–Kier alpha value is -2.22. The fourth-order valence-electron chi connectivity index (χ4n) is 2.23. The predicted octanol–water partition coefficient (Wildman–Crippen LogP) is 3.52. The number of hydrogen-bond acceptors (Lipinski definition) is 2. The van der Waals surface area contributed by atoms with Gasteiger partial charge in [-0.3, -0.25) is 10.0 Å². The van der Waals surface area contributed by atoms with E-state index >= 15 is 0 Å². The molecule has 0 spiro atoms. The van der Waals surface area contributed by atoms with E-state index < -0.39 is 0 Å². The lowest BCUT2D eigenvalue weighted by Gasteiger charge is -2.35. The minimum atomic E-state index is 0.915. The Morgan fingerprint density at radius 2 is 1.67 bits per heavy atom. The van der Waals surface area contributed by atoms with Crippen LogP contribution in [-0.2, 0) is 6.54 Å². The highest BCUT2D eigenvalue weighted by molar-refractivity contribution is 5.56. The molecule has 2 heteroatoms. The van der Waals surface area contributed by atoms with Crippen molar-refractivity contribution < 1.29 is 0 Å². The summed E-state index contributed by atoms with van der Waals surface area (Å²) in [5.74, 6) is 0. The van der Waals surface area contributed by atoms with Gasteiger partial charge < -0.3 is 0 Å².